The number of rotatable bonds is 10. The van der Waals surface area contributed by atoms with E-state index in [1.165, 1.54) is 27.7 Å². The Hall–Kier alpha value is -3.48. The van der Waals surface area contributed by atoms with E-state index >= 15 is 0 Å². The molecular formula is C32H37BrO11. The van der Waals surface area contributed by atoms with E-state index < -0.39 is 59.7 Å². The lowest BCUT2D eigenvalue weighted by Crippen LogP contribution is -2.70. The van der Waals surface area contributed by atoms with E-state index in [4.69, 9.17) is 33.2 Å². The van der Waals surface area contributed by atoms with Crippen LogP contribution in [-0.2, 0) is 53.4 Å². The number of aryl methyl sites for hydroxylation is 1. The maximum Gasteiger partial charge on any atom is 0.303 e. The monoisotopic (exact) mass is 676 g/mol. The molecule has 2 fully saturated rings. The summed E-state index contributed by atoms with van der Waals surface area (Å²) in [6.45, 7) is 10.5. The minimum Gasteiger partial charge on any atom is -0.494 e. The Balaban J connectivity index is 1.89. The molecule has 238 valence electrons. The fraction of sp³-hybridized carbons (Fsp3) is 0.500. The van der Waals surface area contributed by atoms with Crippen molar-refractivity contribution in [3.8, 4) is 5.75 Å². The zero-order chi connectivity index (χ0) is 32.4. The molecule has 0 aromatic heterocycles. The van der Waals surface area contributed by atoms with Gasteiger partial charge in [-0.25, -0.2) is 0 Å². The molecule has 2 bridgehead atoms. The maximum atomic E-state index is 12.5. The molecule has 2 heterocycles. The summed E-state index contributed by atoms with van der Waals surface area (Å²) in [6.07, 6.45) is -5.20. The molecule has 2 saturated heterocycles. The summed E-state index contributed by atoms with van der Waals surface area (Å²) in [5, 5.41) is 0. The van der Waals surface area contributed by atoms with Crippen molar-refractivity contribution in [3.05, 3.63) is 64.7 Å². The van der Waals surface area contributed by atoms with Crippen LogP contribution in [0.1, 0.15) is 68.6 Å². The second-order valence-corrected chi connectivity index (χ2v) is 11.8. The SMILES string of the molecule is CCOc1ccc(C(Br)c2cc([C@]34OC[C@](C(C)OC(C)=O)(O3)[C@@H](OC(C)=O)[C@H](OC(C)=O)[C@H]4OC(C)=O)ccc2C)cc1. The molecule has 0 aliphatic carbocycles. The lowest BCUT2D eigenvalue weighted by molar-refractivity contribution is -0.340. The molecule has 0 N–H and O–H groups in total. The van der Waals surface area contributed by atoms with Crippen molar-refractivity contribution in [2.75, 3.05) is 13.2 Å². The van der Waals surface area contributed by atoms with Gasteiger partial charge >= 0.3 is 23.9 Å². The predicted octanol–water partition coefficient (Wildman–Crippen LogP) is 4.58. The van der Waals surface area contributed by atoms with Crippen LogP contribution >= 0.6 is 15.9 Å². The summed E-state index contributed by atoms with van der Waals surface area (Å²) in [5.41, 5.74) is 1.54. The Morgan fingerprint density at radius 3 is 2.09 bits per heavy atom. The van der Waals surface area contributed by atoms with Crippen LogP contribution in [0.2, 0.25) is 0 Å². The van der Waals surface area contributed by atoms with Gasteiger partial charge in [0.25, 0.3) is 0 Å². The van der Waals surface area contributed by atoms with Crippen molar-refractivity contribution in [1.29, 1.82) is 0 Å². The average Bonchev–Trinajstić information content (AvgIpc) is 3.32. The zero-order valence-corrected chi connectivity index (χ0v) is 27.3. The number of benzene rings is 2. The first-order valence-corrected chi connectivity index (χ1v) is 15.2. The van der Waals surface area contributed by atoms with Crippen LogP contribution in [0.3, 0.4) is 0 Å². The van der Waals surface area contributed by atoms with Crippen LogP contribution < -0.4 is 4.74 Å². The standard InChI is InChI=1S/C32H37BrO11/c1-8-38-25-13-10-23(11-14-25)27(33)26-15-24(12-9-17(26)2)32-30(43-22(7)37)28(41-20(5)35)29(42-21(6)36)31(44-32,16-39-32)18(3)40-19(4)34/h9-15,18,27-30H,8,16H2,1-7H3/t18?,27?,28-,29-,30+,31+,32-/m0/s1. The summed E-state index contributed by atoms with van der Waals surface area (Å²) >= 11 is 3.82. The maximum absolute atomic E-state index is 12.5. The van der Waals surface area contributed by atoms with Gasteiger partial charge in [0.2, 0.25) is 11.9 Å². The summed E-state index contributed by atoms with van der Waals surface area (Å²) in [7, 11) is 0. The largest absolute Gasteiger partial charge is 0.494 e. The summed E-state index contributed by atoms with van der Waals surface area (Å²) in [4.78, 5) is 49.1. The fourth-order valence-corrected chi connectivity index (χ4v) is 6.57. The molecule has 0 spiro atoms. The first-order valence-electron chi connectivity index (χ1n) is 14.2. The van der Waals surface area contributed by atoms with E-state index in [1.807, 2.05) is 50.2 Å². The lowest BCUT2D eigenvalue weighted by Gasteiger charge is -2.50. The minimum absolute atomic E-state index is 0.255. The second-order valence-electron chi connectivity index (χ2n) is 10.8. The van der Waals surface area contributed by atoms with Crippen molar-refractivity contribution in [3.63, 3.8) is 0 Å². The van der Waals surface area contributed by atoms with Crippen molar-refractivity contribution < 1.29 is 52.3 Å². The third-order valence-corrected chi connectivity index (χ3v) is 8.69. The molecule has 2 unspecified atom stereocenters. The van der Waals surface area contributed by atoms with Gasteiger partial charge in [0.15, 0.2) is 17.8 Å². The van der Waals surface area contributed by atoms with E-state index in [2.05, 4.69) is 15.9 Å². The highest BCUT2D eigenvalue weighted by molar-refractivity contribution is 9.09. The van der Waals surface area contributed by atoms with E-state index in [0.717, 1.165) is 22.4 Å². The summed E-state index contributed by atoms with van der Waals surface area (Å²) in [5.74, 6) is -3.87. The van der Waals surface area contributed by atoms with Gasteiger partial charge in [-0.2, -0.15) is 0 Å². The number of carbonyl (C=O) groups is 4. The van der Waals surface area contributed by atoms with Gasteiger partial charge in [-0.1, -0.05) is 40.2 Å². The van der Waals surface area contributed by atoms with E-state index in [9.17, 15) is 19.2 Å². The van der Waals surface area contributed by atoms with Crippen LogP contribution in [0.4, 0.5) is 0 Å². The number of carbonyl (C=O) groups excluding carboxylic acids is 4. The highest BCUT2D eigenvalue weighted by atomic mass is 79.9. The van der Waals surface area contributed by atoms with Crippen molar-refractivity contribution in [1.82, 2.24) is 0 Å². The van der Waals surface area contributed by atoms with Crippen LogP contribution in [0.25, 0.3) is 0 Å². The molecule has 2 aliphatic rings. The van der Waals surface area contributed by atoms with Gasteiger partial charge in [0.05, 0.1) is 18.0 Å². The normalized spacial score (nSPS) is 27.0. The highest BCUT2D eigenvalue weighted by Gasteiger charge is 2.74. The number of ether oxygens (including phenoxy) is 7. The first kappa shape index (κ1) is 33.4. The Bertz CT molecular complexity index is 1410. The second kappa shape index (κ2) is 13.3. The quantitative estimate of drug-likeness (QED) is 0.199. The van der Waals surface area contributed by atoms with Crippen molar-refractivity contribution in [2.24, 2.45) is 0 Å². The predicted molar refractivity (Wildman–Crippen MR) is 159 cm³/mol. The van der Waals surface area contributed by atoms with Crippen LogP contribution in [0.5, 0.6) is 5.75 Å². The van der Waals surface area contributed by atoms with Crippen molar-refractivity contribution >= 4 is 39.8 Å². The van der Waals surface area contributed by atoms with Gasteiger partial charge in [-0.3, -0.25) is 19.2 Å². The molecule has 11 nitrogen and oxygen atoms in total. The molecule has 0 amide bonds. The topological polar surface area (TPSA) is 133 Å². The van der Waals surface area contributed by atoms with E-state index in [1.54, 1.807) is 13.0 Å². The average molecular weight is 678 g/mol. The Labute approximate surface area is 264 Å². The third-order valence-electron chi connectivity index (χ3n) is 7.66. The molecule has 12 heteroatoms. The molecule has 2 aromatic rings. The van der Waals surface area contributed by atoms with Gasteiger partial charge in [-0.05, 0) is 55.7 Å². The number of alkyl halides is 1. The number of fused-ring (bicyclic) bond motifs is 2. The van der Waals surface area contributed by atoms with Crippen LogP contribution in [0, 0.1) is 6.92 Å². The molecule has 2 aliphatic heterocycles. The van der Waals surface area contributed by atoms with Crippen molar-refractivity contribution in [2.45, 2.75) is 89.1 Å². The minimum atomic E-state index is -1.84. The van der Waals surface area contributed by atoms with Crippen LogP contribution in [0.15, 0.2) is 42.5 Å². The van der Waals surface area contributed by atoms with Gasteiger partial charge in [-0.15, -0.1) is 0 Å². The molecule has 44 heavy (non-hydrogen) atoms. The zero-order valence-electron chi connectivity index (χ0n) is 25.7. The molecule has 0 saturated carbocycles. The molecule has 2 aromatic carbocycles. The Morgan fingerprint density at radius 2 is 1.52 bits per heavy atom. The number of hydrogen-bond acceptors (Lipinski definition) is 11. The number of esters is 4. The highest BCUT2D eigenvalue weighted by Crippen LogP contribution is 2.54. The van der Waals surface area contributed by atoms with Gasteiger partial charge in [0.1, 0.15) is 11.9 Å². The number of halogens is 1. The smallest absolute Gasteiger partial charge is 0.303 e. The fourth-order valence-electron chi connectivity index (χ4n) is 5.78. The lowest BCUT2D eigenvalue weighted by atomic mass is 9.80. The number of hydrogen-bond donors (Lipinski definition) is 0. The molecule has 7 atom stereocenters. The molecule has 0 radical (unpaired) electrons. The van der Waals surface area contributed by atoms with E-state index in [-0.39, 0.29) is 11.4 Å². The van der Waals surface area contributed by atoms with Gasteiger partial charge in [0, 0.05) is 33.3 Å². The van der Waals surface area contributed by atoms with Gasteiger partial charge < -0.3 is 33.2 Å². The van der Waals surface area contributed by atoms with Crippen LogP contribution in [-0.4, -0.2) is 67.1 Å². The molecule has 4 rings (SSSR count). The van der Waals surface area contributed by atoms with E-state index in [0.29, 0.717) is 12.2 Å². The summed E-state index contributed by atoms with van der Waals surface area (Å²) < 4.78 is 41.4. The Morgan fingerprint density at radius 1 is 0.909 bits per heavy atom. The molecular weight excluding hydrogens is 640 g/mol. The summed E-state index contributed by atoms with van der Waals surface area (Å²) in [6, 6.07) is 13.2. The Kier molecular flexibility index (Phi) is 10.1. The first-order chi connectivity index (χ1) is 20.7. The third kappa shape index (κ3) is 6.47.